The van der Waals surface area contributed by atoms with Gasteiger partial charge in [-0.3, -0.25) is 34.1 Å². The van der Waals surface area contributed by atoms with Crippen LogP contribution in [-0.4, -0.2) is 85.6 Å². The molecule has 4 amide bonds. The van der Waals surface area contributed by atoms with Gasteiger partial charge in [-0.05, 0) is 105 Å². The monoisotopic (exact) mass is 896 g/mol. The Morgan fingerprint density at radius 1 is 0.750 bits per heavy atom. The molecular formula is C48H60N6O9S. The largest absolute Gasteiger partial charge is 0.494 e. The normalized spacial score (nSPS) is 15.2. The third-order valence-electron chi connectivity index (χ3n) is 11.8. The summed E-state index contributed by atoms with van der Waals surface area (Å²) in [6.45, 7) is 7.40. The Labute approximate surface area is 376 Å². The molecule has 1 saturated heterocycles. The van der Waals surface area contributed by atoms with Crippen LogP contribution in [0, 0.1) is 0 Å². The molecule has 3 aromatic carbocycles. The van der Waals surface area contributed by atoms with E-state index in [2.05, 4.69) is 75.6 Å². The number of hydrogen-bond acceptors (Lipinski definition) is 12. The molecule has 16 heteroatoms. The fraction of sp³-hybridized carbons (Fsp3) is 0.458. The zero-order valence-electron chi connectivity index (χ0n) is 37.0. The number of carbonyl (C=O) groups is 4. The number of hydrogen-bond donors (Lipinski definition) is 3. The Morgan fingerprint density at radius 2 is 1.36 bits per heavy atom. The number of nitrogens with zero attached hydrogens (tertiary/aromatic N) is 3. The first kappa shape index (κ1) is 47.6. The molecule has 4 aromatic rings. The van der Waals surface area contributed by atoms with Crippen molar-refractivity contribution < 1.29 is 41.8 Å². The molecule has 2 aliphatic rings. The van der Waals surface area contributed by atoms with Gasteiger partial charge in [0.2, 0.25) is 27.8 Å². The lowest BCUT2D eigenvalue weighted by molar-refractivity contribution is -0.136. The first-order valence-electron chi connectivity index (χ1n) is 22.3. The number of amides is 4. The molecular weight excluding hydrogens is 837 g/mol. The minimum Gasteiger partial charge on any atom is -0.494 e. The molecule has 0 radical (unpaired) electrons. The summed E-state index contributed by atoms with van der Waals surface area (Å²) in [6, 6.07) is 22.4. The van der Waals surface area contributed by atoms with Crippen molar-refractivity contribution in [2.45, 2.75) is 109 Å². The van der Waals surface area contributed by atoms with Crippen LogP contribution < -0.4 is 24.8 Å². The second-order valence-corrected chi connectivity index (χ2v) is 18.0. The van der Waals surface area contributed by atoms with Crippen LogP contribution in [0.15, 0.2) is 79.0 Å². The highest BCUT2D eigenvalue weighted by Crippen LogP contribution is 2.40. The van der Waals surface area contributed by atoms with Gasteiger partial charge in [-0.1, -0.05) is 63.8 Å². The molecule has 1 atom stereocenters. The second kappa shape index (κ2) is 22.7. The third kappa shape index (κ3) is 12.6. The van der Waals surface area contributed by atoms with Crippen LogP contribution >= 0.6 is 0 Å². The summed E-state index contributed by atoms with van der Waals surface area (Å²) in [7, 11) is -3.48. The quantitative estimate of drug-likeness (QED) is 0.0414. The predicted molar refractivity (Wildman–Crippen MR) is 244 cm³/mol. The number of sulfonamides is 1. The van der Waals surface area contributed by atoms with Gasteiger partial charge in [0.25, 0.3) is 11.8 Å². The molecule has 1 unspecified atom stereocenters. The van der Waals surface area contributed by atoms with Gasteiger partial charge in [-0.2, -0.15) is 0 Å². The summed E-state index contributed by atoms with van der Waals surface area (Å²) in [4.78, 5) is 58.9. The van der Waals surface area contributed by atoms with Gasteiger partial charge < -0.3 is 19.5 Å². The van der Waals surface area contributed by atoms with Crippen molar-refractivity contribution in [1.82, 2.24) is 20.2 Å². The zero-order valence-corrected chi connectivity index (χ0v) is 37.8. The fourth-order valence-corrected chi connectivity index (χ4v) is 8.70. The summed E-state index contributed by atoms with van der Waals surface area (Å²) in [5.74, 6) is -0.460. The van der Waals surface area contributed by atoms with Crippen LogP contribution in [-0.2, 0) is 36.4 Å². The molecule has 15 nitrogen and oxygen atoms in total. The van der Waals surface area contributed by atoms with E-state index in [4.69, 9.17) is 14.2 Å². The van der Waals surface area contributed by atoms with E-state index in [9.17, 15) is 27.6 Å². The van der Waals surface area contributed by atoms with Crippen LogP contribution in [0.2, 0.25) is 0 Å². The molecule has 0 aliphatic carbocycles. The van der Waals surface area contributed by atoms with E-state index >= 15 is 0 Å². The van der Waals surface area contributed by atoms with Crippen LogP contribution in [0.4, 0.5) is 11.6 Å². The van der Waals surface area contributed by atoms with E-state index in [-0.39, 0.29) is 41.9 Å². The molecule has 0 bridgehead atoms. The number of nitrogens with one attached hydrogen (secondary N) is 3. The number of benzene rings is 3. The number of ether oxygens (including phenoxy) is 3. The molecule has 64 heavy (non-hydrogen) atoms. The van der Waals surface area contributed by atoms with Gasteiger partial charge in [-0.25, -0.2) is 18.4 Å². The molecule has 3 heterocycles. The Hall–Kier alpha value is -5.87. The van der Waals surface area contributed by atoms with Crippen LogP contribution in [0.5, 0.6) is 11.5 Å². The average molecular weight is 897 g/mol. The highest BCUT2D eigenvalue weighted by Gasteiger charge is 2.44. The Morgan fingerprint density at radius 3 is 2.00 bits per heavy atom. The number of carbonyl (C=O) groups excluding carboxylic acids is 4. The molecule has 1 fully saturated rings. The Kier molecular flexibility index (Phi) is 16.9. The SMILES string of the molecule is CCC(CC)(c1ccc(OCCCCCCCCOCCCCNc2ccc3c(c2)C(=O)N(C2CCC(=O)NC2=O)C3=O)cc1)c1ccc(OCc2ccnc(NS(C)(=O)=O)n2)cc1. The number of fused-ring (bicyclic) bond motifs is 1. The van der Waals surface area contributed by atoms with Crippen molar-refractivity contribution in [2.75, 3.05) is 42.7 Å². The fourth-order valence-electron chi connectivity index (χ4n) is 8.27. The summed E-state index contributed by atoms with van der Waals surface area (Å²) < 4.78 is 43.3. The van der Waals surface area contributed by atoms with Crippen LogP contribution in [0.3, 0.4) is 0 Å². The number of aromatic nitrogens is 2. The van der Waals surface area contributed by atoms with Crippen molar-refractivity contribution in [1.29, 1.82) is 0 Å². The molecule has 1 aromatic heterocycles. The maximum absolute atomic E-state index is 13.1. The topological polar surface area (TPSA) is 195 Å². The maximum atomic E-state index is 13.1. The van der Waals surface area contributed by atoms with Gasteiger partial charge in [0, 0.05) is 43.5 Å². The predicted octanol–water partition coefficient (Wildman–Crippen LogP) is 7.56. The van der Waals surface area contributed by atoms with E-state index in [1.54, 1.807) is 24.3 Å². The van der Waals surface area contributed by atoms with E-state index in [1.807, 2.05) is 12.1 Å². The van der Waals surface area contributed by atoms with Gasteiger partial charge in [0.1, 0.15) is 24.1 Å². The summed E-state index contributed by atoms with van der Waals surface area (Å²) in [6.07, 6.45) is 13.0. The third-order valence-corrected chi connectivity index (χ3v) is 12.4. The first-order valence-corrected chi connectivity index (χ1v) is 24.2. The summed E-state index contributed by atoms with van der Waals surface area (Å²) in [5, 5.41) is 5.53. The van der Waals surface area contributed by atoms with Crippen molar-refractivity contribution in [3.63, 3.8) is 0 Å². The van der Waals surface area contributed by atoms with Crippen LogP contribution in [0.25, 0.3) is 0 Å². The first-order chi connectivity index (χ1) is 30.9. The summed E-state index contributed by atoms with van der Waals surface area (Å²) >= 11 is 0. The lowest BCUT2D eigenvalue weighted by atomic mass is 9.70. The number of rotatable bonds is 26. The number of imide groups is 2. The van der Waals surface area contributed by atoms with Crippen molar-refractivity contribution >= 4 is 45.3 Å². The molecule has 3 N–H and O–H groups in total. The van der Waals surface area contributed by atoms with Gasteiger partial charge in [0.15, 0.2) is 0 Å². The molecule has 6 rings (SSSR count). The van der Waals surface area contributed by atoms with E-state index in [0.29, 0.717) is 31.2 Å². The van der Waals surface area contributed by atoms with E-state index in [0.717, 1.165) is 87.0 Å². The minimum atomic E-state index is -3.48. The summed E-state index contributed by atoms with van der Waals surface area (Å²) in [5.41, 5.74) is 4.10. The van der Waals surface area contributed by atoms with E-state index in [1.165, 1.54) is 23.7 Å². The molecule has 342 valence electrons. The van der Waals surface area contributed by atoms with Gasteiger partial charge in [-0.15, -0.1) is 0 Å². The number of unbranched alkanes of at least 4 members (excludes halogenated alkanes) is 6. The minimum absolute atomic E-state index is 0.0109. The highest BCUT2D eigenvalue weighted by molar-refractivity contribution is 7.92. The van der Waals surface area contributed by atoms with Crippen LogP contribution in [0.1, 0.15) is 128 Å². The molecule has 0 spiro atoms. The lowest BCUT2D eigenvalue weighted by Crippen LogP contribution is -2.54. The second-order valence-electron chi connectivity index (χ2n) is 16.3. The standard InChI is InChI=1S/C48H60N6O9S/c1-4-48(5-2,35-16-21-39(22-17-35)63-33-37-26-28-50-47(51-37)53-64(3,59)60)34-14-19-38(20-15-34)62-31-12-9-7-6-8-11-29-61-30-13-10-27-49-36-18-23-40-41(32-36)46(58)54(45(40)57)42-24-25-43(55)52-44(42)56/h14-23,26,28,32,42,49H,4-13,24-25,27,29-31,33H2,1-3H3,(H,50,51,53)(H,52,55,56). The zero-order chi connectivity index (χ0) is 45.5. The maximum Gasteiger partial charge on any atom is 0.262 e. The van der Waals surface area contributed by atoms with E-state index < -0.39 is 39.7 Å². The van der Waals surface area contributed by atoms with Crippen molar-refractivity contribution in [3.05, 3.63) is 107 Å². The van der Waals surface area contributed by atoms with Crippen molar-refractivity contribution in [2.24, 2.45) is 0 Å². The van der Waals surface area contributed by atoms with Gasteiger partial charge >= 0.3 is 0 Å². The Balaban J connectivity index is 0.800. The molecule has 0 saturated carbocycles. The molecule has 2 aliphatic heterocycles. The lowest BCUT2D eigenvalue weighted by Gasteiger charge is -2.33. The van der Waals surface area contributed by atoms with Crippen molar-refractivity contribution in [3.8, 4) is 11.5 Å². The van der Waals surface area contributed by atoms with Gasteiger partial charge in [0.05, 0.1) is 29.7 Å². The Bertz CT molecular complexity index is 2340. The highest BCUT2D eigenvalue weighted by atomic mass is 32.2. The average Bonchev–Trinajstić information content (AvgIpc) is 3.52. The number of piperidine rings is 1. The number of anilines is 2. The smallest absolute Gasteiger partial charge is 0.262 e.